The molecule has 0 fully saturated rings. The zero-order chi connectivity index (χ0) is 18.2. The number of hydrogen-bond donors (Lipinski definition) is 0. The highest BCUT2D eigenvalue weighted by Crippen LogP contribution is 2.22. The normalized spacial score (nSPS) is 10.7. The van der Waals surface area contributed by atoms with Gasteiger partial charge in [0.1, 0.15) is 5.15 Å². The van der Waals surface area contributed by atoms with Gasteiger partial charge in [0.2, 0.25) is 5.91 Å². The number of benzene rings is 1. The molecular formula is C19H23ClN2O3. The molecule has 1 aromatic heterocycles. The van der Waals surface area contributed by atoms with Crippen molar-refractivity contribution in [2.75, 3.05) is 13.2 Å². The molecule has 134 valence electrons. The number of para-hydroxylation sites is 1. The maximum Gasteiger partial charge on any atom is 0.306 e. The molecule has 0 saturated carbocycles. The molecule has 1 heterocycles. The fraction of sp³-hybridized carbons (Fsp3) is 0.421. The van der Waals surface area contributed by atoms with E-state index in [1.54, 1.807) is 11.8 Å². The number of rotatable bonds is 8. The van der Waals surface area contributed by atoms with Crippen LogP contribution in [-0.2, 0) is 20.9 Å². The minimum Gasteiger partial charge on any atom is -0.466 e. The summed E-state index contributed by atoms with van der Waals surface area (Å²) in [7, 11) is 0. The van der Waals surface area contributed by atoms with Crippen LogP contribution in [0.2, 0.25) is 5.15 Å². The van der Waals surface area contributed by atoms with E-state index in [-0.39, 0.29) is 24.7 Å². The van der Waals surface area contributed by atoms with E-state index in [9.17, 15) is 9.59 Å². The van der Waals surface area contributed by atoms with Crippen molar-refractivity contribution in [2.24, 2.45) is 0 Å². The van der Waals surface area contributed by atoms with Gasteiger partial charge in [-0.1, -0.05) is 36.7 Å². The Hall–Kier alpha value is -2.14. The molecular weight excluding hydrogens is 340 g/mol. The highest BCUT2D eigenvalue weighted by atomic mass is 35.5. The first-order chi connectivity index (χ1) is 12.0. The second kappa shape index (κ2) is 9.37. The maximum atomic E-state index is 12.5. The first-order valence-corrected chi connectivity index (χ1v) is 8.90. The minimum atomic E-state index is -0.349. The number of amides is 1. The molecule has 1 aromatic carbocycles. The Morgan fingerprint density at radius 3 is 2.68 bits per heavy atom. The Balaban J connectivity index is 2.11. The van der Waals surface area contributed by atoms with Gasteiger partial charge in [-0.2, -0.15) is 0 Å². The average molecular weight is 363 g/mol. The molecule has 0 saturated heterocycles. The molecule has 5 nitrogen and oxygen atoms in total. The summed E-state index contributed by atoms with van der Waals surface area (Å²) >= 11 is 6.30. The van der Waals surface area contributed by atoms with Gasteiger partial charge in [0.25, 0.3) is 0 Å². The molecule has 6 heteroatoms. The van der Waals surface area contributed by atoms with Crippen LogP contribution >= 0.6 is 11.6 Å². The van der Waals surface area contributed by atoms with Crippen LogP contribution in [-0.4, -0.2) is 34.9 Å². The molecule has 1 amide bonds. The molecule has 2 aromatic rings. The SMILES string of the molecule is CCCN(Cc1cc2ccccc2nc1Cl)C(=O)CCC(=O)OCC. The van der Waals surface area contributed by atoms with Crippen molar-refractivity contribution in [3.05, 3.63) is 41.0 Å². The van der Waals surface area contributed by atoms with E-state index in [1.807, 2.05) is 37.3 Å². The number of esters is 1. The number of halogens is 1. The summed E-state index contributed by atoms with van der Waals surface area (Å²) in [6.07, 6.45) is 1.05. The van der Waals surface area contributed by atoms with Crippen LogP contribution in [0, 0.1) is 0 Å². The summed E-state index contributed by atoms with van der Waals surface area (Å²) < 4.78 is 4.88. The molecule has 0 unspecified atom stereocenters. The monoisotopic (exact) mass is 362 g/mol. The van der Waals surface area contributed by atoms with Crippen molar-refractivity contribution < 1.29 is 14.3 Å². The summed E-state index contributed by atoms with van der Waals surface area (Å²) in [5, 5.41) is 1.38. The summed E-state index contributed by atoms with van der Waals surface area (Å²) in [5.74, 6) is -0.433. The number of fused-ring (bicyclic) bond motifs is 1. The van der Waals surface area contributed by atoms with Gasteiger partial charge in [-0.3, -0.25) is 9.59 Å². The molecule has 0 spiro atoms. The first kappa shape index (κ1) is 19.2. The highest BCUT2D eigenvalue weighted by Gasteiger charge is 2.17. The van der Waals surface area contributed by atoms with Crippen LogP contribution in [0.25, 0.3) is 10.9 Å². The molecule has 2 rings (SSSR count). The van der Waals surface area contributed by atoms with Gasteiger partial charge in [-0.15, -0.1) is 0 Å². The van der Waals surface area contributed by atoms with E-state index >= 15 is 0 Å². The molecule has 0 N–H and O–H groups in total. The van der Waals surface area contributed by atoms with Crippen LogP contribution in [0.15, 0.2) is 30.3 Å². The van der Waals surface area contributed by atoms with Crippen LogP contribution in [0.1, 0.15) is 38.7 Å². The topological polar surface area (TPSA) is 59.5 Å². The van der Waals surface area contributed by atoms with Gasteiger partial charge in [0.15, 0.2) is 0 Å². The van der Waals surface area contributed by atoms with E-state index in [0.717, 1.165) is 22.9 Å². The lowest BCUT2D eigenvalue weighted by Crippen LogP contribution is -2.31. The zero-order valence-electron chi connectivity index (χ0n) is 14.6. The van der Waals surface area contributed by atoms with Crippen molar-refractivity contribution in [1.29, 1.82) is 0 Å². The molecule has 0 radical (unpaired) electrons. The van der Waals surface area contributed by atoms with Gasteiger partial charge in [0.05, 0.1) is 18.5 Å². The molecule has 0 bridgehead atoms. The predicted octanol–water partition coefficient (Wildman–Crippen LogP) is 3.97. The number of carbonyl (C=O) groups excluding carboxylic acids is 2. The van der Waals surface area contributed by atoms with Crippen molar-refractivity contribution >= 4 is 34.4 Å². The smallest absolute Gasteiger partial charge is 0.306 e. The maximum absolute atomic E-state index is 12.5. The first-order valence-electron chi connectivity index (χ1n) is 8.52. The molecule has 25 heavy (non-hydrogen) atoms. The lowest BCUT2D eigenvalue weighted by molar-refractivity contribution is -0.145. The highest BCUT2D eigenvalue weighted by molar-refractivity contribution is 6.30. The van der Waals surface area contributed by atoms with Crippen LogP contribution in [0.3, 0.4) is 0 Å². The van der Waals surface area contributed by atoms with Crippen LogP contribution in [0.4, 0.5) is 0 Å². The van der Waals surface area contributed by atoms with Crippen LogP contribution in [0.5, 0.6) is 0 Å². The second-order valence-corrected chi connectivity index (χ2v) is 6.11. The molecule has 0 aliphatic rings. The zero-order valence-corrected chi connectivity index (χ0v) is 15.4. The van der Waals surface area contributed by atoms with E-state index < -0.39 is 0 Å². The summed E-state index contributed by atoms with van der Waals surface area (Å²) in [5.41, 5.74) is 1.63. The number of pyridine rings is 1. The van der Waals surface area contributed by atoms with Gasteiger partial charge in [0, 0.05) is 30.5 Å². The second-order valence-electron chi connectivity index (χ2n) is 5.75. The Morgan fingerprint density at radius 2 is 1.96 bits per heavy atom. The summed E-state index contributed by atoms with van der Waals surface area (Å²) in [4.78, 5) is 30.1. The van der Waals surface area contributed by atoms with E-state index in [0.29, 0.717) is 24.8 Å². The lowest BCUT2D eigenvalue weighted by Gasteiger charge is -2.22. The van der Waals surface area contributed by atoms with Crippen molar-refractivity contribution in [1.82, 2.24) is 9.88 Å². The third kappa shape index (κ3) is 5.43. The molecule has 0 atom stereocenters. The standard InChI is InChI=1S/C19H23ClN2O3/c1-3-11-22(17(23)9-10-18(24)25-4-2)13-15-12-14-7-5-6-8-16(14)21-19(15)20/h5-8,12H,3-4,9-11,13H2,1-2H3. The third-order valence-corrected chi connectivity index (χ3v) is 4.13. The fourth-order valence-electron chi connectivity index (χ4n) is 2.61. The largest absolute Gasteiger partial charge is 0.466 e. The number of hydrogen-bond acceptors (Lipinski definition) is 4. The predicted molar refractivity (Wildman–Crippen MR) is 98.3 cm³/mol. The Bertz CT molecular complexity index is 749. The third-order valence-electron chi connectivity index (χ3n) is 3.81. The van der Waals surface area contributed by atoms with Crippen molar-refractivity contribution in [3.63, 3.8) is 0 Å². The summed E-state index contributed by atoms with van der Waals surface area (Å²) in [6.45, 7) is 5.06. The van der Waals surface area contributed by atoms with E-state index in [1.165, 1.54) is 0 Å². The summed E-state index contributed by atoms with van der Waals surface area (Å²) in [6, 6.07) is 9.68. The van der Waals surface area contributed by atoms with Crippen molar-refractivity contribution in [2.45, 2.75) is 39.7 Å². The minimum absolute atomic E-state index is 0.0841. The van der Waals surface area contributed by atoms with Crippen LogP contribution < -0.4 is 0 Å². The van der Waals surface area contributed by atoms with Crippen molar-refractivity contribution in [3.8, 4) is 0 Å². The van der Waals surface area contributed by atoms with Gasteiger partial charge >= 0.3 is 5.97 Å². The number of nitrogens with zero attached hydrogens (tertiary/aromatic N) is 2. The Kier molecular flexibility index (Phi) is 7.19. The van der Waals surface area contributed by atoms with E-state index in [2.05, 4.69) is 4.98 Å². The number of ether oxygens (including phenoxy) is 1. The Morgan fingerprint density at radius 1 is 1.20 bits per heavy atom. The Labute approximate surface area is 152 Å². The lowest BCUT2D eigenvalue weighted by atomic mass is 10.1. The van der Waals surface area contributed by atoms with Gasteiger partial charge in [-0.05, 0) is 25.5 Å². The number of aromatic nitrogens is 1. The fourth-order valence-corrected chi connectivity index (χ4v) is 2.82. The molecule has 0 aliphatic carbocycles. The number of carbonyl (C=O) groups is 2. The quantitative estimate of drug-likeness (QED) is 0.526. The van der Waals surface area contributed by atoms with E-state index in [4.69, 9.17) is 16.3 Å². The molecule has 0 aliphatic heterocycles. The van der Waals surface area contributed by atoms with Gasteiger partial charge < -0.3 is 9.64 Å². The average Bonchev–Trinajstić information content (AvgIpc) is 2.60. The van der Waals surface area contributed by atoms with Gasteiger partial charge in [-0.25, -0.2) is 4.98 Å².